The van der Waals surface area contributed by atoms with Gasteiger partial charge >= 0.3 is 0 Å². The molecule has 1 heterocycles. The maximum Gasteiger partial charge on any atom is 0.255 e. The van der Waals surface area contributed by atoms with E-state index in [2.05, 4.69) is 15.6 Å². The molecule has 2 amide bonds. The van der Waals surface area contributed by atoms with Gasteiger partial charge in [-0.15, -0.1) is 11.3 Å². The third-order valence-corrected chi connectivity index (χ3v) is 6.70. The number of nitrogens with zero attached hydrogens (tertiary/aromatic N) is 1. The van der Waals surface area contributed by atoms with Gasteiger partial charge in [0.15, 0.2) is 4.34 Å². The molecule has 1 aromatic heterocycles. The highest BCUT2D eigenvalue weighted by Crippen LogP contribution is 2.31. The summed E-state index contributed by atoms with van der Waals surface area (Å²) in [6.45, 7) is 0. The van der Waals surface area contributed by atoms with Gasteiger partial charge in [-0.3, -0.25) is 9.59 Å². The van der Waals surface area contributed by atoms with Crippen molar-refractivity contribution in [3.8, 4) is 0 Å². The number of hydrogen-bond acceptors (Lipinski definition) is 5. The zero-order valence-corrected chi connectivity index (χ0v) is 18.3. The highest BCUT2D eigenvalue weighted by atomic mass is 35.5. The third kappa shape index (κ3) is 5.41. The number of aromatic nitrogens is 1. The SMILES string of the molecule is O=C(CSc1nc2ccc(NC(=O)c3ccc(F)cc3)cc2s1)Nc1ccccc1Cl. The van der Waals surface area contributed by atoms with Gasteiger partial charge in [0.2, 0.25) is 5.91 Å². The first-order valence-electron chi connectivity index (χ1n) is 9.12. The molecule has 0 radical (unpaired) electrons. The van der Waals surface area contributed by atoms with Crippen LogP contribution in [0.15, 0.2) is 71.1 Å². The van der Waals surface area contributed by atoms with Gasteiger partial charge in [0.05, 0.1) is 26.7 Å². The maximum absolute atomic E-state index is 13.0. The second-order valence-corrected chi connectivity index (χ2v) is 9.10. The molecule has 4 rings (SSSR count). The van der Waals surface area contributed by atoms with Gasteiger partial charge in [-0.2, -0.15) is 0 Å². The molecular weight excluding hydrogens is 457 g/mol. The first-order chi connectivity index (χ1) is 15.0. The van der Waals surface area contributed by atoms with Crippen LogP contribution in [0.25, 0.3) is 10.2 Å². The minimum Gasteiger partial charge on any atom is -0.324 e. The summed E-state index contributed by atoms with van der Waals surface area (Å²) in [5.74, 6) is -0.702. The van der Waals surface area contributed by atoms with Crippen LogP contribution in [0.2, 0.25) is 5.02 Å². The molecule has 0 aliphatic heterocycles. The lowest BCUT2D eigenvalue weighted by Gasteiger charge is -2.05. The standard InChI is InChI=1S/C22H15ClFN3O2S2/c23-16-3-1-2-4-17(16)26-20(28)12-30-22-27-18-10-9-15(11-19(18)31-22)25-21(29)13-5-7-14(24)8-6-13/h1-11H,12H2,(H,25,29)(H,26,28). The summed E-state index contributed by atoms with van der Waals surface area (Å²) < 4.78 is 14.6. The molecule has 0 fully saturated rings. The van der Waals surface area contributed by atoms with Crippen molar-refractivity contribution in [2.45, 2.75) is 4.34 Å². The molecule has 0 atom stereocenters. The summed E-state index contributed by atoms with van der Waals surface area (Å²) in [5, 5.41) is 6.06. The van der Waals surface area contributed by atoms with Crippen LogP contribution in [0.1, 0.15) is 10.4 Å². The van der Waals surface area contributed by atoms with Crippen molar-refractivity contribution in [2.75, 3.05) is 16.4 Å². The van der Waals surface area contributed by atoms with Crippen molar-refractivity contribution in [1.29, 1.82) is 0 Å². The summed E-state index contributed by atoms with van der Waals surface area (Å²) in [6.07, 6.45) is 0. The summed E-state index contributed by atoms with van der Waals surface area (Å²) in [7, 11) is 0. The number of rotatable bonds is 6. The zero-order chi connectivity index (χ0) is 21.8. The summed E-state index contributed by atoms with van der Waals surface area (Å²) >= 11 is 8.82. The predicted octanol–water partition coefficient (Wildman–Crippen LogP) is 6.07. The number of carbonyl (C=O) groups is 2. The van der Waals surface area contributed by atoms with E-state index in [9.17, 15) is 14.0 Å². The lowest BCUT2D eigenvalue weighted by atomic mass is 10.2. The number of hydrogen-bond donors (Lipinski definition) is 2. The molecule has 0 unspecified atom stereocenters. The number of fused-ring (bicyclic) bond motifs is 1. The Balaban J connectivity index is 1.39. The fourth-order valence-electron chi connectivity index (χ4n) is 2.72. The Morgan fingerprint density at radius 1 is 1.03 bits per heavy atom. The predicted molar refractivity (Wildman–Crippen MR) is 125 cm³/mol. The minimum absolute atomic E-state index is 0.176. The molecular formula is C22H15ClFN3O2S2. The van der Waals surface area contributed by atoms with Crippen LogP contribution in [-0.2, 0) is 4.79 Å². The van der Waals surface area contributed by atoms with Crippen molar-refractivity contribution in [3.05, 3.63) is 83.1 Å². The van der Waals surface area contributed by atoms with Gasteiger partial charge in [0.1, 0.15) is 5.82 Å². The number of thiazole rings is 1. The van der Waals surface area contributed by atoms with Crippen LogP contribution in [0.4, 0.5) is 15.8 Å². The molecule has 0 bridgehead atoms. The molecule has 31 heavy (non-hydrogen) atoms. The average Bonchev–Trinajstić information content (AvgIpc) is 3.16. The van der Waals surface area contributed by atoms with Crippen LogP contribution in [0.3, 0.4) is 0 Å². The topological polar surface area (TPSA) is 71.1 Å². The van der Waals surface area contributed by atoms with E-state index in [1.807, 2.05) is 6.07 Å². The number of thioether (sulfide) groups is 1. The van der Waals surface area contributed by atoms with Gasteiger partial charge < -0.3 is 10.6 Å². The Kier molecular flexibility index (Phi) is 6.50. The normalized spacial score (nSPS) is 10.8. The molecule has 9 heteroatoms. The molecule has 0 aliphatic carbocycles. The van der Waals surface area contributed by atoms with Crippen molar-refractivity contribution in [1.82, 2.24) is 4.98 Å². The molecule has 0 spiro atoms. The van der Waals surface area contributed by atoms with Crippen LogP contribution in [0, 0.1) is 5.82 Å². The average molecular weight is 472 g/mol. The highest BCUT2D eigenvalue weighted by Gasteiger charge is 2.11. The Morgan fingerprint density at radius 2 is 1.81 bits per heavy atom. The lowest BCUT2D eigenvalue weighted by Crippen LogP contribution is -2.14. The van der Waals surface area contributed by atoms with E-state index in [1.54, 1.807) is 36.4 Å². The highest BCUT2D eigenvalue weighted by molar-refractivity contribution is 8.01. The van der Waals surface area contributed by atoms with E-state index in [0.29, 0.717) is 22.0 Å². The molecule has 156 valence electrons. The Morgan fingerprint density at radius 3 is 2.58 bits per heavy atom. The van der Waals surface area contributed by atoms with Gasteiger partial charge in [-0.1, -0.05) is 35.5 Å². The summed E-state index contributed by atoms with van der Waals surface area (Å²) in [5.41, 5.74) is 2.32. The van der Waals surface area contributed by atoms with Crippen molar-refractivity contribution >= 4 is 68.1 Å². The van der Waals surface area contributed by atoms with E-state index in [1.165, 1.54) is 47.4 Å². The fraction of sp³-hybridized carbons (Fsp3) is 0.0455. The van der Waals surface area contributed by atoms with E-state index in [0.717, 1.165) is 14.6 Å². The van der Waals surface area contributed by atoms with Crippen molar-refractivity contribution in [3.63, 3.8) is 0 Å². The number of halogens is 2. The van der Waals surface area contributed by atoms with Crippen LogP contribution in [-0.4, -0.2) is 22.6 Å². The summed E-state index contributed by atoms with van der Waals surface area (Å²) in [4.78, 5) is 29.0. The summed E-state index contributed by atoms with van der Waals surface area (Å²) in [6, 6.07) is 17.8. The quantitative estimate of drug-likeness (QED) is 0.335. The second-order valence-electron chi connectivity index (χ2n) is 6.44. The number of anilines is 2. The lowest BCUT2D eigenvalue weighted by molar-refractivity contribution is -0.113. The first kappa shape index (κ1) is 21.3. The smallest absolute Gasteiger partial charge is 0.255 e. The number of benzene rings is 3. The Hall–Kier alpha value is -2.94. The molecule has 0 saturated carbocycles. The van der Waals surface area contributed by atoms with E-state index < -0.39 is 5.82 Å². The van der Waals surface area contributed by atoms with Crippen LogP contribution in [0.5, 0.6) is 0 Å². The molecule has 0 aliphatic rings. The van der Waals surface area contributed by atoms with Gasteiger partial charge in [-0.25, -0.2) is 9.37 Å². The van der Waals surface area contributed by atoms with E-state index in [-0.39, 0.29) is 17.6 Å². The second kappa shape index (κ2) is 9.47. The molecule has 5 nitrogen and oxygen atoms in total. The third-order valence-electron chi connectivity index (χ3n) is 4.21. The largest absolute Gasteiger partial charge is 0.324 e. The zero-order valence-electron chi connectivity index (χ0n) is 15.9. The van der Waals surface area contributed by atoms with Gasteiger partial charge in [-0.05, 0) is 54.6 Å². The van der Waals surface area contributed by atoms with E-state index in [4.69, 9.17) is 11.6 Å². The van der Waals surface area contributed by atoms with Crippen molar-refractivity contribution < 1.29 is 14.0 Å². The number of nitrogens with one attached hydrogen (secondary N) is 2. The fourth-order valence-corrected chi connectivity index (χ4v) is 4.81. The Bertz CT molecular complexity index is 1260. The minimum atomic E-state index is -0.395. The first-order valence-corrected chi connectivity index (χ1v) is 11.3. The Labute approximate surface area is 190 Å². The van der Waals surface area contributed by atoms with E-state index >= 15 is 0 Å². The van der Waals surface area contributed by atoms with Gasteiger partial charge in [0, 0.05) is 11.3 Å². The molecule has 0 saturated heterocycles. The number of amides is 2. The number of para-hydroxylation sites is 1. The van der Waals surface area contributed by atoms with Gasteiger partial charge in [0.25, 0.3) is 5.91 Å². The maximum atomic E-state index is 13.0. The molecule has 4 aromatic rings. The van der Waals surface area contributed by atoms with Crippen LogP contribution >= 0.6 is 34.7 Å². The number of carbonyl (C=O) groups excluding carboxylic acids is 2. The van der Waals surface area contributed by atoms with Crippen molar-refractivity contribution in [2.24, 2.45) is 0 Å². The van der Waals surface area contributed by atoms with Crippen LogP contribution < -0.4 is 10.6 Å². The molecule has 3 aromatic carbocycles. The monoisotopic (exact) mass is 471 g/mol. The molecule has 2 N–H and O–H groups in total.